The van der Waals surface area contributed by atoms with Gasteiger partial charge in [0.25, 0.3) is 0 Å². The first-order valence-electron chi connectivity index (χ1n) is 9.22. The van der Waals surface area contributed by atoms with E-state index in [0.29, 0.717) is 5.54 Å². The van der Waals surface area contributed by atoms with Crippen LogP contribution in [-0.2, 0) is 0 Å². The van der Waals surface area contributed by atoms with Gasteiger partial charge >= 0.3 is 0 Å². The minimum Gasteiger partial charge on any atom is -0.302 e. The van der Waals surface area contributed by atoms with Crippen LogP contribution in [0.1, 0.15) is 33.6 Å². The molecule has 3 rings (SSSR count). The highest BCUT2D eigenvalue weighted by Gasteiger charge is 2.43. The van der Waals surface area contributed by atoms with E-state index in [-0.39, 0.29) is 11.1 Å². The highest BCUT2D eigenvalue weighted by Crippen LogP contribution is 2.36. The molecule has 3 saturated heterocycles. The van der Waals surface area contributed by atoms with E-state index in [2.05, 4.69) is 47.4 Å². The van der Waals surface area contributed by atoms with Gasteiger partial charge in [0.2, 0.25) is 0 Å². The van der Waals surface area contributed by atoms with Crippen molar-refractivity contribution in [1.29, 1.82) is 0 Å². The van der Waals surface area contributed by atoms with Crippen LogP contribution in [0.3, 0.4) is 0 Å². The zero-order chi connectivity index (χ0) is 15.9. The van der Waals surface area contributed by atoms with E-state index in [4.69, 9.17) is 0 Å². The van der Waals surface area contributed by atoms with Crippen molar-refractivity contribution in [2.75, 3.05) is 58.3 Å². The largest absolute Gasteiger partial charge is 0.302 e. The maximum atomic E-state index is 2.80. The van der Waals surface area contributed by atoms with Crippen LogP contribution in [0.4, 0.5) is 0 Å². The number of rotatable bonds is 3. The van der Waals surface area contributed by atoms with Gasteiger partial charge < -0.3 is 4.90 Å². The van der Waals surface area contributed by atoms with Crippen LogP contribution in [0.15, 0.2) is 0 Å². The molecule has 0 aromatic rings. The number of thiol groups is 1. The maximum absolute atomic E-state index is 2.80. The second kappa shape index (κ2) is 6.62. The molecule has 3 aliphatic heterocycles. The molecule has 22 heavy (non-hydrogen) atoms. The summed E-state index contributed by atoms with van der Waals surface area (Å²) in [5, 5.41) is 0. The van der Waals surface area contributed by atoms with Crippen molar-refractivity contribution in [2.45, 2.75) is 39.2 Å². The van der Waals surface area contributed by atoms with E-state index in [0.717, 1.165) is 17.8 Å². The fourth-order valence-corrected chi connectivity index (χ4v) is 5.69. The van der Waals surface area contributed by atoms with Crippen molar-refractivity contribution in [2.24, 2.45) is 17.8 Å². The number of hydrogen-bond acceptors (Lipinski definition) is 3. The number of fused-ring (bicyclic) bond motifs is 1. The zero-order valence-electron chi connectivity index (χ0n) is 15.4. The highest BCUT2D eigenvalue weighted by atomic mass is 32.2. The minimum atomic E-state index is 0.137. The first-order valence-corrected chi connectivity index (χ1v) is 11.4. The molecule has 0 amide bonds. The van der Waals surface area contributed by atoms with Gasteiger partial charge in [-0.15, -0.1) is 0 Å². The first-order chi connectivity index (χ1) is 10.3. The molecule has 0 aromatic carbocycles. The minimum absolute atomic E-state index is 0.137. The lowest BCUT2D eigenvalue weighted by Crippen LogP contribution is -2.42. The number of piperidine rings is 1. The molecule has 0 bridgehead atoms. The van der Waals surface area contributed by atoms with Crippen molar-refractivity contribution in [3.63, 3.8) is 0 Å². The molecule has 0 aromatic heterocycles. The molecule has 3 nitrogen and oxygen atoms in total. The number of hydrogen-bond donors (Lipinski definition) is 1. The van der Waals surface area contributed by atoms with Crippen LogP contribution in [-0.4, -0.2) is 78.0 Å². The van der Waals surface area contributed by atoms with Crippen LogP contribution in [0.5, 0.6) is 0 Å². The van der Waals surface area contributed by atoms with E-state index >= 15 is 0 Å². The van der Waals surface area contributed by atoms with Gasteiger partial charge in [0.1, 0.15) is 0 Å². The average Bonchev–Trinajstić information content (AvgIpc) is 2.96. The second-order valence-electron chi connectivity index (χ2n) is 9.06. The summed E-state index contributed by atoms with van der Waals surface area (Å²) in [4.78, 5) is 5.51. The van der Waals surface area contributed by atoms with Gasteiger partial charge in [-0.2, -0.15) is 0 Å². The average molecular weight is 328 g/mol. The standard InChI is InChI=1S/C18H37N3S/c1-18(2,3)20-13-16-11-19(12-17(16)14-20)10-15-6-8-21(9-7-15)22(4)5/h15-17,22H,6-14H2,1-5H3. The number of nitrogens with zero attached hydrogens (tertiary/aromatic N) is 3. The monoisotopic (exact) mass is 327 g/mol. The van der Waals surface area contributed by atoms with Crippen molar-refractivity contribution < 1.29 is 0 Å². The van der Waals surface area contributed by atoms with E-state index in [9.17, 15) is 0 Å². The molecule has 3 aliphatic rings. The van der Waals surface area contributed by atoms with Crippen molar-refractivity contribution in [3.05, 3.63) is 0 Å². The molecular weight excluding hydrogens is 290 g/mol. The lowest BCUT2D eigenvalue weighted by molar-refractivity contribution is 0.141. The fourth-order valence-electron chi connectivity index (χ4n) is 4.65. The second-order valence-corrected chi connectivity index (χ2v) is 11.3. The first kappa shape index (κ1) is 17.1. The molecule has 0 radical (unpaired) electrons. The third kappa shape index (κ3) is 3.82. The van der Waals surface area contributed by atoms with E-state index in [1.165, 1.54) is 58.7 Å². The van der Waals surface area contributed by atoms with Crippen LogP contribution < -0.4 is 0 Å². The highest BCUT2D eigenvalue weighted by molar-refractivity contribution is 8.13. The molecule has 0 N–H and O–H groups in total. The van der Waals surface area contributed by atoms with Gasteiger partial charge in [0.05, 0.1) is 0 Å². The van der Waals surface area contributed by atoms with Crippen LogP contribution in [0, 0.1) is 17.8 Å². The maximum Gasteiger partial charge on any atom is 0.0125 e. The summed E-state index contributed by atoms with van der Waals surface area (Å²) in [7, 11) is 0. The normalized spacial score (nSPS) is 33.4. The summed E-state index contributed by atoms with van der Waals surface area (Å²) in [6, 6.07) is 0. The summed E-state index contributed by atoms with van der Waals surface area (Å²) in [6.45, 7) is 16.6. The molecule has 2 unspecified atom stereocenters. The summed E-state index contributed by atoms with van der Waals surface area (Å²) < 4.78 is 2.71. The fraction of sp³-hybridized carbons (Fsp3) is 1.00. The Hall–Kier alpha value is 0.230. The van der Waals surface area contributed by atoms with Gasteiger partial charge in [-0.3, -0.25) is 9.21 Å². The molecule has 0 aliphatic carbocycles. The Balaban J connectivity index is 1.43. The van der Waals surface area contributed by atoms with Gasteiger partial charge in [0.15, 0.2) is 0 Å². The summed E-state index contributed by atoms with van der Waals surface area (Å²) in [5.74, 6) is 2.85. The molecule has 3 fully saturated rings. The molecule has 0 saturated carbocycles. The van der Waals surface area contributed by atoms with Crippen LogP contribution in [0.25, 0.3) is 0 Å². The van der Waals surface area contributed by atoms with Crippen molar-refractivity contribution in [3.8, 4) is 0 Å². The summed E-state index contributed by atoms with van der Waals surface area (Å²) in [6.07, 6.45) is 7.66. The third-order valence-corrected chi connectivity index (χ3v) is 7.71. The van der Waals surface area contributed by atoms with Crippen LogP contribution in [0.2, 0.25) is 0 Å². The predicted molar refractivity (Wildman–Crippen MR) is 99.9 cm³/mol. The molecule has 4 heteroatoms. The predicted octanol–water partition coefficient (Wildman–Crippen LogP) is 2.54. The van der Waals surface area contributed by atoms with E-state index in [1.54, 1.807) is 0 Å². The molecule has 130 valence electrons. The van der Waals surface area contributed by atoms with Crippen molar-refractivity contribution in [1.82, 2.24) is 14.1 Å². The summed E-state index contributed by atoms with van der Waals surface area (Å²) >= 11 is 0.137. The molecular formula is C18H37N3S. The van der Waals surface area contributed by atoms with E-state index < -0.39 is 0 Å². The Morgan fingerprint density at radius 2 is 1.45 bits per heavy atom. The summed E-state index contributed by atoms with van der Waals surface area (Å²) in [5.41, 5.74) is 0.362. The van der Waals surface area contributed by atoms with Gasteiger partial charge in [0, 0.05) is 51.4 Å². The third-order valence-electron chi connectivity index (χ3n) is 6.18. The van der Waals surface area contributed by atoms with Crippen molar-refractivity contribution >= 4 is 11.1 Å². The quantitative estimate of drug-likeness (QED) is 0.799. The van der Waals surface area contributed by atoms with Gasteiger partial charge in [-0.1, -0.05) is 0 Å². The lowest BCUT2D eigenvalue weighted by Gasteiger charge is -2.38. The van der Waals surface area contributed by atoms with Gasteiger partial charge in [-0.25, -0.2) is 11.1 Å². The SMILES string of the molecule is C[SH](C)N1CCC(CN2CC3CN(C(C)(C)C)CC3C2)CC1. The molecule has 2 atom stereocenters. The topological polar surface area (TPSA) is 9.72 Å². The van der Waals surface area contributed by atoms with Gasteiger partial charge in [-0.05, 0) is 63.9 Å². The Labute approximate surface area is 140 Å². The Bertz CT molecular complexity index is 357. The lowest BCUT2D eigenvalue weighted by atomic mass is 9.97. The number of likely N-dealkylation sites (tertiary alicyclic amines) is 2. The molecule has 0 spiro atoms. The van der Waals surface area contributed by atoms with E-state index in [1.807, 2.05) is 0 Å². The Kier molecular flexibility index (Phi) is 5.13. The smallest absolute Gasteiger partial charge is 0.0125 e. The Morgan fingerprint density at radius 3 is 1.91 bits per heavy atom. The zero-order valence-corrected chi connectivity index (χ0v) is 16.3. The van der Waals surface area contributed by atoms with Crippen LogP contribution >= 0.6 is 11.1 Å². The molecule has 3 heterocycles. The Morgan fingerprint density at radius 1 is 0.909 bits per heavy atom.